The average molecular weight is 269 g/mol. The van der Waals surface area contributed by atoms with Crippen LogP contribution in [0.15, 0.2) is 0 Å². The van der Waals surface area contributed by atoms with Gasteiger partial charge in [-0.25, -0.2) is 0 Å². The summed E-state index contributed by atoms with van der Waals surface area (Å²) in [4.78, 5) is 16.3. The van der Waals surface area contributed by atoms with Crippen LogP contribution in [0.25, 0.3) is 0 Å². The van der Waals surface area contributed by atoms with Crippen LogP contribution in [0.5, 0.6) is 0 Å². The molecule has 0 aromatic carbocycles. The maximum atomic E-state index is 12.0. The number of nitrogens with two attached hydrogens (primary N) is 1. The van der Waals surface area contributed by atoms with Gasteiger partial charge >= 0.3 is 0 Å². The predicted molar refractivity (Wildman–Crippen MR) is 80.0 cm³/mol. The van der Waals surface area contributed by atoms with E-state index in [0.29, 0.717) is 19.0 Å². The number of hydrogen-bond donors (Lipinski definition) is 1. The summed E-state index contributed by atoms with van der Waals surface area (Å²) in [7, 11) is 1.88. The zero-order valence-corrected chi connectivity index (χ0v) is 12.7. The zero-order chi connectivity index (χ0) is 14.1. The molecule has 1 fully saturated rings. The maximum Gasteiger partial charge on any atom is 0.223 e. The molecule has 0 aromatic heterocycles. The van der Waals surface area contributed by atoms with E-state index in [1.165, 1.54) is 32.1 Å². The standard InChI is InChI=1S/C15H31N3O/c1-3-18(14-8-5-4-6-9-14)13-10-15(19)17(2)12-7-11-16/h14H,3-13,16H2,1-2H3. The second-order valence-electron chi connectivity index (χ2n) is 5.63. The Kier molecular flexibility index (Phi) is 8.07. The van der Waals surface area contributed by atoms with E-state index in [9.17, 15) is 4.79 Å². The highest BCUT2D eigenvalue weighted by molar-refractivity contribution is 5.76. The van der Waals surface area contributed by atoms with Crippen LogP contribution in [0.2, 0.25) is 0 Å². The molecule has 4 nitrogen and oxygen atoms in total. The highest BCUT2D eigenvalue weighted by Gasteiger charge is 2.20. The predicted octanol–water partition coefficient (Wildman–Crippen LogP) is 1.84. The molecule has 1 aliphatic carbocycles. The molecule has 2 N–H and O–H groups in total. The first-order valence-electron chi connectivity index (χ1n) is 7.87. The normalized spacial score (nSPS) is 16.8. The Morgan fingerprint density at radius 2 is 1.89 bits per heavy atom. The largest absolute Gasteiger partial charge is 0.346 e. The monoisotopic (exact) mass is 269 g/mol. The SMILES string of the molecule is CCN(CCC(=O)N(C)CCCN)C1CCCCC1. The van der Waals surface area contributed by atoms with Crippen molar-refractivity contribution in [1.82, 2.24) is 9.80 Å². The summed E-state index contributed by atoms with van der Waals surface area (Å²) >= 11 is 0. The van der Waals surface area contributed by atoms with Crippen molar-refractivity contribution in [2.45, 2.75) is 57.9 Å². The molecule has 1 amide bonds. The van der Waals surface area contributed by atoms with Crippen molar-refractivity contribution >= 4 is 5.91 Å². The third-order valence-electron chi connectivity index (χ3n) is 4.23. The summed E-state index contributed by atoms with van der Waals surface area (Å²) < 4.78 is 0. The number of rotatable bonds is 8. The van der Waals surface area contributed by atoms with Gasteiger partial charge in [-0.15, -0.1) is 0 Å². The minimum Gasteiger partial charge on any atom is -0.346 e. The van der Waals surface area contributed by atoms with E-state index in [4.69, 9.17) is 5.73 Å². The molecule has 0 saturated heterocycles. The third kappa shape index (κ3) is 5.91. The van der Waals surface area contributed by atoms with Gasteiger partial charge in [0.25, 0.3) is 0 Å². The van der Waals surface area contributed by atoms with Gasteiger partial charge in [0.15, 0.2) is 0 Å². The van der Waals surface area contributed by atoms with Crippen molar-refractivity contribution in [1.29, 1.82) is 0 Å². The molecule has 0 heterocycles. The van der Waals surface area contributed by atoms with Gasteiger partial charge in [0.1, 0.15) is 0 Å². The summed E-state index contributed by atoms with van der Waals surface area (Å²) in [6.07, 6.45) is 8.25. The molecule has 19 heavy (non-hydrogen) atoms. The number of carbonyl (C=O) groups is 1. The van der Waals surface area contributed by atoms with Gasteiger partial charge in [-0.1, -0.05) is 26.2 Å². The van der Waals surface area contributed by atoms with Gasteiger partial charge in [0.05, 0.1) is 0 Å². The lowest BCUT2D eigenvalue weighted by molar-refractivity contribution is -0.130. The quantitative estimate of drug-likeness (QED) is 0.731. The van der Waals surface area contributed by atoms with Gasteiger partial charge in [0, 0.05) is 32.6 Å². The molecule has 0 radical (unpaired) electrons. The van der Waals surface area contributed by atoms with Crippen molar-refractivity contribution in [3.05, 3.63) is 0 Å². The van der Waals surface area contributed by atoms with Gasteiger partial charge in [0.2, 0.25) is 5.91 Å². The van der Waals surface area contributed by atoms with Crippen molar-refractivity contribution in [2.24, 2.45) is 5.73 Å². The van der Waals surface area contributed by atoms with Crippen molar-refractivity contribution in [3.63, 3.8) is 0 Å². The molecule has 1 aliphatic rings. The highest BCUT2D eigenvalue weighted by Crippen LogP contribution is 2.22. The summed E-state index contributed by atoms with van der Waals surface area (Å²) in [6, 6.07) is 0.709. The molecule has 0 bridgehead atoms. The Bertz CT molecular complexity index is 252. The minimum absolute atomic E-state index is 0.253. The first-order chi connectivity index (χ1) is 9.19. The van der Waals surface area contributed by atoms with Crippen molar-refractivity contribution < 1.29 is 4.79 Å². The van der Waals surface area contributed by atoms with Crippen LogP contribution in [0, 0.1) is 0 Å². The van der Waals surface area contributed by atoms with Crippen LogP contribution in [0.4, 0.5) is 0 Å². The fourth-order valence-corrected chi connectivity index (χ4v) is 2.93. The number of carbonyl (C=O) groups excluding carboxylic acids is 1. The van der Waals surface area contributed by atoms with Gasteiger partial charge in [-0.2, -0.15) is 0 Å². The molecule has 0 aromatic rings. The molecule has 112 valence electrons. The molecular formula is C15H31N3O. The van der Waals surface area contributed by atoms with E-state index in [0.717, 1.165) is 26.1 Å². The summed E-state index contributed by atoms with van der Waals surface area (Å²) in [5, 5.41) is 0. The second kappa shape index (κ2) is 9.32. The third-order valence-corrected chi connectivity index (χ3v) is 4.23. The smallest absolute Gasteiger partial charge is 0.223 e. The van der Waals surface area contributed by atoms with E-state index in [1.807, 2.05) is 11.9 Å². The Labute approximate surface area is 118 Å². The van der Waals surface area contributed by atoms with Crippen LogP contribution in [0.3, 0.4) is 0 Å². The number of nitrogens with zero attached hydrogens (tertiary/aromatic N) is 2. The van der Waals surface area contributed by atoms with Crippen molar-refractivity contribution in [2.75, 3.05) is 33.2 Å². The lowest BCUT2D eigenvalue weighted by Crippen LogP contribution is -2.39. The molecule has 1 rings (SSSR count). The molecule has 1 saturated carbocycles. The Morgan fingerprint density at radius 1 is 1.21 bits per heavy atom. The van der Waals surface area contributed by atoms with E-state index in [1.54, 1.807) is 0 Å². The first kappa shape index (κ1) is 16.4. The Morgan fingerprint density at radius 3 is 2.47 bits per heavy atom. The van der Waals surface area contributed by atoms with Gasteiger partial charge in [-0.3, -0.25) is 4.79 Å². The summed E-state index contributed by atoms with van der Waals surface area (Å²) in [6.45, 7) is 5.61. The fraction of sp³-hybridized carbons (Fsp3) is 0.933. The van der Waals surface area contributed by atoms with E-state index in [2.05, 4.69) is 11.8 Å². The van der Waals surface area contributed by atoms with Crippen LogP contribution >= 0.6 is 0 Å². The summed E-state index contributed by atoms with van der Waals surface area (Å²) in [5.41, 5.74) is 5.47. The topological polar surface area (TPSA) is 49.6 Å². The van der Waals surface area contributed by atoms with Crippen LogP contribution < -0.4 is 5.73 Å². The number of hydrogen-bond acceptors (Lipinski definition) is 3. The fourth-order valence-electron chi connectivity index (χ4n) is 2.93. The molecule has 0 unspecified atom stereocenters. The van der Waals surface area contributed by atoms with E-state index < -0.39 is 0 Å². The Hall–Kier alpha value is -0.610. The molecule has 4 heteroatoms. The second-order valence-corrected chi connectivity index (χ2v) is 5.63. The maximum absolute atomic E-state index is 12.0. The molecule has 0 atom stereocenters. The minimum atomic E-state index is 0.253. The van der Waals surface area contributed by atoms with Gasteiger partial charge < -0.3 is 15.5 Å². The van der Waals surface area contributed by atoms with E-state index >= 15 is 0 Å². The average Bonchev–Trinajstić information content (AvgIpc) is 2.46. The zero-order valence-electron chi connectivity index (χ0n) is 12.7. The molecular weight excluding hydrogens is 238 g/mol. The first-order valence-corrected chi connectivity index (χ1v) is 7.87. The van der Waals surface area contributed by atoms with Crippen LogP contribution in [-0.2, 0) is 4.79 Å². The highest BCUT2D eigenvalue weighted by atomic mass is 16.2. The number of amides is 1. The van der Waals surface area contributed by atoms with E-state index in [-0.39, 0.29) is 5.91 Å². The van der Waals surface area contributed by atoms with Crippen LogP contribution in [-0.4, -0.2) is 55.0 Å². The van der Waals surface area contributed by atoms with Crippen LogP contribution in [0.1, 0.15) is 51.9 Å². The lowest BCUT2D eigenvalue weighted by atomic mass is 9.94. The molecule has 0 spiro atoms. The molecule has 0 aliphatic heterocycles. The van der Waals surface area contributed by atoms with Gasteiger partial charge in [-0.05, 0) is 32.4 Å². The Balaban J connectivity index is 2.29. The summed E-state index contributed by atoms with van der Waals surface area (Å²) in [5.74, 6) is 0.253. The lowest BCUT2D eigenvalue weighted by Gasteiger charge is -2.33. The van der Waals surface area contributed by atoms with Crippen molar-refractivity contribution in [3.8, 4) is 0 Å².